The van der Waals surface area contributed by atoms with Crippen LogP contribution in [0.25, 0.3) is 0 Å². The van der Waals surface area contributed by atoms with Crippen LogP contribution in [0.4, 0.5) is 16.0 Å². The number of carbonyl (C=O) groups excluding carboxylic acids is 1. The Labute approximate surface area is 198 Å². The molecule has 34 heavy (non-hydrogen) atoms. The summed E-state index contributed by atoms with van der Waals surface area (Å²) in [6, 6.07) is 3.53. The van der Waals surface area contributed by atoms with Gasteiger partial charge in [-0.15, -0.1) is 11.8 Å². The fourth-order valence-electron chi connectivity index (χ4n) is 4.26. The van der Waals surface area contributed by atoms with Gasteiger partial charge in [0.15, 0.2) is 5.82 Å². The molecule has 3 atom stereocenters. The lowest BCUT2D eigenvalue weighted by Crippen LogP contribution is -2.59. The number of aromatic nitrogens is 5. The molecule has 4 N–H and O–H groups in total. The summed E-state index contributed by atoms with van der Waals surface area (Å²) in [6.45, 7) is 1.14. The number of rotatable bonds is 5. The minimum atomic E-state index is -0.594. The van der Waals surface area contributed by atoms with Crippen LogP contribution in [0.15, 0.2) is 43.1 Å². The van der Waals surface area contributed by atoms with E-state index in [1.54, 1.807) is 24.0 Å². The van der Waals surface area contributed by atoms with Crippen molar-refractivity contribution >= 4 is 29.3 Å². The molecule has 0 bridgehead atoms. The van der Waals surface area contributed by atoms with E-state index in [4.69, 9.17) is 10.5 Å². The molecule has 0 spiro atoms. The van der Waals surface area contributed by atoms with Crippen LogP contribution in [0.5, 0.6) is 5.88 Å². The zero-order valence-electron chi connectivity index (χ0n) is 18.2. The lowest BCUT2D eigenvalue weighted by Gasteiger charge is -2.41. The van der Waals surface area contributed by atoms with Gasteiger partial charge in [0.2, 0.25) is 11.8 Å². The van der Waals surface area contributed by atoms with E-state index in [0.717, 1.165) is 23.8 Å². The largest absolute Gasteiger partial charge is 0.480 e. The molecule has 0 aromatic carbocycles. The van der Waals surface area contributed by atoms with Gasteiger partial charge >= 0.3 is 0 Å². The molecular weight excluding hydrogens is 461 g/mol. The Kier molecular flexibility index (Phi) is 5.98. The maximum absolute atomic E-state index is 13.3. The monoisotopic (exact) mass is 483 g/mol. The lowest BCUT2D eigenvalue weighted by molar-refractivity contribution is 0.102. The second-order valence-electron chi connectivity index (χ2n) is 7.98. The number of hydrogen-bond donors (Lipinski definition) is 3. The summed E-state index contributed by atoms with van der Waals surface area (Å²) in [7, 11) is 1.48. The molecule has 3 aromatic heterocycles. The number of fused-ring (bicyclic) bond motifs is 1. The van der Waals surface area contributed by atoms with Gasteiger partial charge in [-0.2, -0.15) is 0 Å². The Hall–Kier alpha value is -3.42. The zero-order chi connectivity index (χ0) is 23.7. The molecule has 5 rings (SSSR count). The quantitative estimate of drug-likeness (QED) is 0.477. The normalized spacial score (nSPS) is 23.9. The average molecular weight is 484 g/mol. The standard InChI is InChI=1S/C21H22FN9O2S/c1-33-17-8-25-15(7-26-17)18(32)29-14-2-3-24-16(4-14)21-11-31(20-27-5-13(22)6-28-20)9-12(21)10-34-19(23)30-21/h2-8,12,19,30H,9-11,23H2,1H3,(H,24,29,32). The Bertz CT molecular complexity index is 1180. The third-order valence-electron chi connectivity index (χ3n) is 5.89. The van der Waals surface area contributed by atoms with E-state index in [0.29, 0.717) is 30.6 Å². The van der Waals surface area contributed by atoms with Gasteiger partial charge in [-0.3, -0.25) is 15.1 Å². The topological polar surface area (TPSA) is 144 Å². The minimum Gasteiger partial charge on any atom is -0.480 e. The SMILES string of the molecule is COc1cnc(C(=O)Nc2ccnc(C34CN(c5ncc(F)cn5)CC3CSC(N)N4)c2)cn1. The van der Waals surface area contributed by atoms with Crippen molar-refractivity contribution in [2.45, 2.75) is 11.0 Å². The van der Waals surface area contributed by atoms with Gasteiger partial charge < -0.3 is 20.7 Å². The summed E-state index contributed by atoms with van der Waals surface area (Å²) in [4.78, 5) is 35.7. The number of halogens is 1. The molecule has 2 saturated heterocycles. The van der Waals surface area contributed by atoms with Gasteiger partial charge in [-0.05, 0) is 12.1 Å². The highest BCUT2D eigenvalue weighted by molar-refractivity contribution is 7.99. The summed E-state index contributed by atoms with van der Waals surface area (Å²) in [5.74, 6) is 0.803. The van der Waals surface area contributed by atoms with Crippen LogP contribution in [0.1, 0.15) is 16.2 Å². The molecule has 0 aliphatic carbocycles. The first-order chi connectivity index (χ1) is 16.5. The second-order valence-corrected chi connectivity index (χ2v) is 9.15. The minimum absolute atomic E-state index is 0.136. The van der Waals surface area contributed by atoms with Crippen LogP contribution in [-0.4, -0.2) is 62.3 Å². The van der Waals surface area contributed by atoms with Crippen molar-refractivity contribution < 1.29 is 13.9 Å². The summed E-state index contributed by atoms with van der Waals surface area (Å²) in [5, 5.41) is 6.35. The Balaban J connectivity index is 1.42. The number of carbonyl (C=O) groups is 1. The van der Waals surface area contributed by atoms with E-state index < -0.39 is 17.3 Å². The molecule has 13 heteroatoms. The lowest BCUT2D eigenvalue weighted by atomic mass is 9.84. The van der Waals surface area contributed by atoms with Gasteiger partial charge in [0.1, 0.15) is 11.2 Å². The van der Waals surface area contributed by atoms with Crippen LogP contribution in [-0.2, 0) is 5.54 Å². The fourth-order valence-corrected chi connectivity index (χ4v) is 5.39. The number of amides is 1. The van der Waals surface area contributed by atoms with Crippen molar-refractivity contribution in [3.63, 3.8) is 0 Å². The van der Waals surface area contributed by atoms with E-state index in [1.807, 2.05) is 11.0 Å². The van der Waals surface area contributed by atoms with Crippen molar-refractivity contribution in [1.82, 2.24) is 30.2 Å². The smallest absolute Gasteiger partial charge is 0.275 e. The number of nitrogens with zero attached hydrogens (tertiary/aromatic N) is 6. The first-order valence-corrected chi connectivity index (χ1v) is 11.5. The van der Waals surface area contributed by atoms with Crippen molar-refractivity contribution in [3.8, 4) is 5.88 Å². The zero-order valence-corrected chi connectivity index (χ0v) is 19.0. The van der Waals surface area contributed by atoms with E-state index in [1.165, 1.54) is 19.5 Å². The van der Waals surface area contributed by atoms with Crippen LogP contribution in [0.2, 0.25) is 0 Å². The molecule has 3 unspecified atom stereocenters. The summed E-state index contributed by atoms with van der Waals surface area (Å²) < 4.78 is 18.3. The van der Waals surface area contributed by atoms with Crippen LogP contribution < -0.4 is 26.0 Å². The molecular formula is C21H22FN9O2S. The molecule has 0 radical (unpaired) electrons. The summed E-state index contributed by atoms with van der Waals surface area (Å²) >= 11 is 1.62. The Morgan fingerprint density at radius 3 is 2.82 bits per heavy atom. The first kappa shape index (κ1) is 22.4. The number of thioether (sulfide) groups is 1. The van der Waals surface area contributed by atoms with Crippen LogP contribution >= 0.6 is 11.8 Å². The highest BCUT2D eigenvalue weighted by Gasteiger charge is 2.52. The molecule has 11 nitrogen and oxygen atoms in total. The van der Waals surface area contributed by atoms with E-state index in [9.17, 15) is 9.18 Å². The average Bonchev–Trinajstić information content (AvgIpc) is 3.24. The predicted octanol–water partition coefficient (Wildman–Crippen LogP) is 0.972. The van der Waals surface area contributed by atoms with Gasteiger partial charge in [0.05, 0.1) is 43.1 Å². The molecule has 3 aromatic rings. The second kappa shape index (κ2) is 9.08. The fraction of sp³-hybridized carbons (Fsp3) is 0.333. The maximum Gasteiger partial charge on any atom is 0.275 e. The van der Waals surface area contributed by atoms with E-state index >= 15 is 0 Å². The van der Waals surface area contributed by atoms with E-state index in [2.05, 4.69) is 35.6 Å². The number of nitrogens with two attached hydrogens (primary N) is 1. The summed E-state index contributed by atoms with van der Waals surface area (Å²) in [5.41, 5.74) is 6.83. The predicted molar refractivity (Wildman–Crippen MR) is 124 cm³/mol. The van der Waals surface area contributed by atoms with Crippen molar-refractivity contribution in [1.29, 1.82) is 0 Å². The molecule has 5 heterocycles. The third kappa shape index (κ3) is 4.24. The Morgan fingerprint density at radius 1 is 1.26 bits per heavy atom. The van der Waals surface area contributed by atoms with Gasteiger partial charge in [-0.1, -0.05) is 0 Å². The van der Waals surface area contributed by atoms with Gasteiger partial charge in [-0.25, -0.2) is 24.3 Å². The van der Waals surface area contributed by atoms with Gasteiger partial charge in [0.25, 0.3) is 5.91 Å². The molecule has 176 valence electrons. The molecule has 0 saturated carbocycles. The number of methoxy groups -OCH3 is 1. The van der Waals surface area contributed by atoms with E-state index in [-0.39, 0.29) is 17.1 Å². The number of nitrogens with one attached hydrogen (secondary N) is 2. The first-order valence-electron chi connectivity index (χ1n) is 10.5. The summed E-state index contributed by atoms with van der Waals surface area (Å²) in [6.07, 6.45) is 6.68. The Morgan fingerprint density at radius 2 is 2.09 bits per heavy atom. The van der Waals surface area contributed by atoms with Crippen LogP contribution in [0.3, 0.4) is 0 Å². The maximum atomic E-state index is 13.3. The third-order valence-corrected chi connectivity index (χ3v) is 6.96. The van der Waals surface area contributed by atoms with Crippen LogP contribution in [0, 0.1) is 11.7 Å². The molecule has 2 fully saturated rings. The highest BCUT2D eigenvalue weighted by atomic mass is 32.2. The van der Waals surface area contributed by atoms with Crippen molar-refractivity contribution in [2.24, 2.45) is 11.7 Å². The number of pyridine rings is 1. The highest BCUT2D eigenvalue weighted by Crippen LogP contribution is 2.43. The number of ether oxygens (including phenoxy) is 1. The van der Waals surface area contributed by atoms with Crippen molar-refractivity contribution in [3.05, 3.63) is 60.3 Å². The van der Waals surface area contributed by atoms with Gasteiger partial charge in [0, 0.05) is 36.6 Å². The van der Waals surface area contributed by atoms with Crippen molar-refractivity contribution in [2.75, 3.05) is 36.2 Å². The number of anilines is 2. The molecule has 1 amide bonds. The molecule has 2 aliphatic heterocycles. The molecule has 2 aliphatic rings. The number of hydrogen-bond acceptors (Lipinski definition) is 11.